The van der Waals surface area contributed by atoms with Gasteiger partial charge in [-0.05, 0) is 11.6 Å². The molecule has 0 amide bonds. The standard InChI is InChI=1S/C12H10N2O/c15-9-12-13-8-11(14-12)7-6-10-4-2-1-3-5-10/h1-9H,(H,13,14). The lowest BCUT2D eigenvalue weighted by atomic mass is 10.2. The zero-order valence-electron chi connectivity index (χ0n) is 8.05. The van der Waals surface area contributed by atoms with Crippen LogP contribution < -0.4 is 0 Å². The molecule has 0 aliphatic rings. The molecule has 0 aliphatic carbocycles. The number of aldehydes is 1. The van der Waals surface area contributed by atoms with Crippen molar-refractivity contribution in [2.45, 2.75) is 0 Å². The number of imidazole rings is 1. The number of aromatic amines is 1. The second-order valence-electron chi connectivity index (χ2n) is 3.09. The lowest BCUT2D eigenvalue weighted by Crippen LogP contribution is -1.80. The molecule has 0 unspecified atom stereocenters. The van der Waals surface area contributed by atoms with Crippen LogP contribution in [-0.2, 0) is 0 Å². The third-order valence-electron chi connectivity index (χ3n) is 1.98. The van der Waals surface area contributed by atoms with Crippen molar-refractivity contribution in [2.75, 3.05) is 0 Å². The van der Waals surface area contributed by atoms with Gasteiger partial charge in [0.15, 0.2) is 12.1 Å². The summed E-state index contributed by atoms with van der Waals surface area (Å²) in [6.07, 6.45) is 6.17. The number of aromatic nitrogens is 2. The minimum atomic E-state index is 0.350. The number of carbonyl (C=O) groups is 1. The summed E-state index contributed by atoms with van der Waals surface area (Å²) in [5, 5.41) is 0. The number of H-pyrrole nitrogens is 1. The van der Waals surface area contributed by atoms with Crippen LogP contribution in [0.3, 0.4) is 0 Å². The summed E-state index contributed by atoms with van der Waals surface area (Å²) >= 11 is 0. The summed E-state index contributed by atoms with van der Waals surface area (Å²) in [5.74, 6) is 0.350. The Labute approximate surface area is 87.5 Å². The van der Waals surface area contributed by atoms with E-state index in [9.17, 15) is 4.79 Å². The molecule has 1 aromatic carbocycles. The third-order valence-corrected chi connectivity index (χ3v) is 1.98. The summed E-state index contributed by atoms with van der Waals surface area (Å²) < 4.78 is 0. The topological polar surface area (TPSA) is 45.8 Å². The van der Waals surface area contributed by atoms with Crippen molar-refractivity contribution in [1.29, 1.82) is 0 Å². The van der Waals surface area contributed by atoms with Crippen LogP contribution in [0.2, 0.25) is 0 Å². The van der Waals surface area contributed by atoms with Gasteiger partial charge in [0.2, 0.25) is 0 Å². The van der Waals surface area contributed by atoms with E-state index in [0.717, 1.165) is 11.3 Å². The predicted molar refractivity (Wildman–Crippen MR) is 59.3 cm³/mol. The molecule has 3 nitrogen and oxygen atoms in total. The summed E-state index contributed by atoms with van der Waals surface area (Å²) in [4.78, 5) is 17.1. The van der Waals surface area contributed by atoms with Gasteiger partial charge in [-0.3, -0.25) is 4.79 Å². The Hall–Kier alpha value is -2.16. The summed E-state index contributed by atoms with van der Waals surface area (Å²) in [5.41, 5.74) is 1.93. The number of carbonyl (C=O) groups excluding carboxylic acids is 1. The van der Waals surface area contributed by atoms with Crippen LogP contribution >= 0.6 is 0 Å². The number of hydrogen-bond acceptors (Lipinski definition) is 2. The fraction of sp³-hybridized carbons (Fsp3) is 0. The van der Waals surface area contributed by atoms with Gasteiger partial charge >= 0.3 is 0 Å². The molecule has 1 heterocycles. The molecule has 0 fully saturated rings. The minimum absolute atomic E-state index is 0.350. The normalized spacial score (nSPS) is 10.7. The smallest absolute Gasteiger partial charge is 0.185 e. The van der Waals surface area contributed by atoms with E-state index in [1.807, 2.05) is 42.5 Å². The molecule has 0 spiro atoms. The van der Waals surface area contributed by atoms with Crippen LogP contribution in [0.1, 0.15) is 21.9 Å². The fourth-order valence-electron chi connectivity index (χ4n) is 1.25. The van der Waals surface area contributed by atoms with E-state index in [1.165, 1.54) is 0 Å². The van der Waals surface area contributed by atoms with Crippen molar-refractivity contribution in [2.24, 2.45) is 0 Å². The molecule has 2 rings (SSSR count). The van der Waals surface area contributed by atoms with Gasteiger partial charge in [-0.25, -0.2) is 4.98 Å². The van der Waals surface area contributed by atoms with Crippen LogP contribution in [0, 0.1) is 0 Å². The maximum absolute atomic E-state index is 10.4. The third kappa shape index (κ3) is 2.40. The van der Waals surface area contributed by atoms with Gasteiger partial charge in [0.25, 0.3) is 0 Å². The SMILES string of the molecule is O=Cc1ncc(C=Cc2ccccc2)[nH]1. The largest absolute Gasteiger partial charge is 0.336 e. The second-order valence-corrected chi connectivity index (χ2v) is 3.09. The minimum Gasteiger partial charge on any atom is -0.336 e. The molecule has 2 aromatic rings. The van der Waals surface area contributed by atoms with Crippen molar-refractivity contribution in [3.8, 4) is 0 Å². The lowest BCUT2D eigenvalue weighted by Gasteiger charge is -1.89. The molecule has 0 aliphatic heterocycles. The van der Waals surface area contributed by atoms with E-state index < -0.39 is 0 Å². The number of nitrogens with one attached hydrogen (secondary N) is 1. The van der Waals surface area contributed by atoms with Crippen LogP contribution in [0.4, 0.5) is 0 Å². The highest BCUT2D eigenvalue weighted by molar-refractivity contribution is 5.72. The monoisotopic (exact) mass is 198 g/mol. The van der Waals surface area contributed by atoms with E-state index in [0.29, 0.717) is 12.1 Å². The first-order valence-corrected chi connectivity index (χ1v) is 4.62. The van der Waals surface area contributed by atoms with Crippen molar-refractivity contribution in [3.63, 3.8) is 0 Å². The zero-order chi connectivity index (χ0) is 10.5. The highest BCUT2D eigenvalue weighted by atomic mass is 16.1. The van der Waals surface area contributed by atoms with Crippen LogP contribution in [-0.4, -0.2) is 16.3 Å². The first-order valence-electron chi connectivity index (χ1n) is 4.62. The molecule has 15 heavy (non-hydrogen) atoms. The van der Waals surface area contributed by atoms with Crippen LogP contribution in [0.5, 0.6) is 0 Å². The molecule has 0 bridgehead atoms. The Bertz CT molecular complexity index is 471. The zero-order valence-corrected chi connectivity index (χ0v) is 8.05. The first kappa shape index (κ1) is 9.40. The number of rotatable bonds is 3. The van der Waals surface area contributed by atoms with Gasteiger partial charge in [-0.15, -0.1) is 0 Å². The van der Waals surface area contributed by atoms with Gasteiger partial charge in [0, 0.05) is 0 Å². The Morgan fingerprint density at radius 1 is 1.13 bits per heavy atom. The van der Waals surface area contributed by atoms with E-state index in [1.54, 1.807) is 6.20 Å². The average Bonchev–Trinajstić information content (AvgIpc) is 2.76. The lowest BCUT2D eigenvalue weighted by molar-refractivity contribution is 0.111. The Kier molecular flexibility index (Phi) is 2.74. The van der Waals surface area contributed by atoms with Gasteiger partial charge in [0.1, 0.15) is 0 Å². The van der Waals surface area contributed by atoms with Crippen LogP contribution in [0.15, 0.2) is 36.5 Å². The number of benzene rings is 1. The van der Waals surface area contributed by atoms with Gasteiger partial charge in [-0.1, -0.05) is 36.4 Å². The molecule has 0 saturated heterocycles. The molecule has 1 N–H and O–H groups in total. The maximum Gasteiger partial charge on any atom is 0.185 e. The summed E-state index contributed by atoms with van der Waals surface area (Å²) in [6.45, 7) is 0. The summed E-state index contributed by atoms with van der Waals surface area (Å²) in [6, 6.07) is 9.94. The average molecular weight is 198 g/mol. The first-order chi connectivity index (χ1) is 7.38. The molecule has 0 atom stereocenters. The fourth-order valence-corrected chi connectivity index (χ4v) is 1.25. The van der Waals surface area contributed by atoms with Crippen molar-refractivity contribution < 1.29 is 4.79 Å². The molecule has 3 heteroatoms. The Morgan fingerprint density at radius 2 is 1.93 bits per heavy atom. The highest BCUT2D eigenvalue weighted by Gasteiger charge is 1.94. The molecule has 74 valence electrons. The van der Waals surface area contributed by atoms with Crippen molar-refractivity contribution in [1.82, 2.24) is 9.97 Å². The molecule has 0 saturated carbocycles. The van der Waals surface area contributed by atoms with Gasteiger partial charge in [0.05, 0.1) is 11.9 Å². The predicted octanol–water partition coefficient (Wildman–Crippen LogP) is 2.39. The van der Waals surface area contributed by atoms with Gasteiger partial charge < -0.3 is 4.98 Å². The molecular formula is C12H10N2O. The second kappa shape index (κ2) is 4.37. The molecule has 0 radical (unpaired) electrons. The molecule has 1 aromatic heterocycles. The number of hydrogen-bond donors (Lipinski definition) is 1. The highest BCUT2D eigenvalue weighted by Crippen LogP contribution is 2.05. The van der Waals surface area contributed by atoms with Crippen molar-refractivity contribution in [3.05, 3.63) is 53.6 Å². The Balaban J connectivity index is 2.15. The van der Waals surface area contributed by atoms with Crippen LogP contribution in [0.25, 0.3) is 12.2 Å². The molecular weight excluding hydrogens is 188 g/mol. The van der Waals surface area contributed by atoms with E-state index in [-0.39, 0.29) is 0 Å². The Morgan fingerprint density at radius 3 is 2.60 bits per heavy atom. The number of nitrogens with zero attached hydrogens (tertiary/aromatic N) is 1. The van der Waals surface area contributed by atoms with E-state index >= 15 is 0 Å². The van der Waals surface area contributed by atoms with Crippen molar-refractivity contribution >= 4 is 18.4 Å². The maximum atomic E-state index is 10.4. The van der Waals surface area contributed by atoms with Gasteiger partial charge in [-0.2, -0.15) is 0 Å². The quantitative estimate of drug-likeness (QED) is 0.769. The summed E-state index contributed by atoms with van der Waals surface area (Å²) in [7, 11) is 0. The van der Waals surface area contributed by atoms with E-state index in [4.69, 9.17) is 0 Å². The van der Waals surface area contributed by atoms with E-state index in [2.05, 4.69) is 9.97 Å².